The lowest BCUT2D eigenvalue weighted by Crippen LogP contribution is -2.38. The minimum atomic E-state index is -2.38. The van der Waals surface area contributed by atoms with Crippen molar-refractivity contribution in [3.8, 4) is 0 Å². The lowest BCUT2D eigenvalue weighted by Gasteiger charge is -2.17. The quantitative estimate of drug-likeness (QED) is 0.502. The van der Waals surface area contributed by atoms with Crippen LogP contribution in [0.2, 0.25) is 0 Å². The molecular weight excluding hydrogens is 351 g/mol. The number of benzene rings is 1. The third-order valence-electron chi connectivity index (χ3n) is 2.09. The predicted octanol–water partition coefficient (Wildman–Crippen LogP) is 2.58. The predicted molar refractivity (Wildman–Crippen MR) is 80.7 cm³/mol. The summed E-state index contributed by atoms with van der Waals surface area (Å²) in [6.07, 6.45) is -2.38. The Bertz CT molecular complexity index is 356. The van der Waals surface area contributed by atoms with Crippen LogP contribution in [0.5, 0.6) is 0 Å². The maximum absolute atomic E-state index is 12.1. The fourth-order valence-electron chi connectivity index (χ4n) is 1.27. The molecule has 0 spiro atoms. The van der Waals surface area contributed by atoms with Crippen molar-refractivity contribution < 1.29 is 8.78 Å². The topological polar surface area (TPSA) is 27.6 Å². The summed E-state index contributed by atoms with van der Waals surface area (Å²) in [7, 11) is 3.53. The van der Waals surface area contributed by atoms with E-state index in [1.165, 1.54) is 0 Å². The van der Waals surface area contributed by atoms with Gasteiger partial charge in [-0.15, -0.1) is 24.0 Å². The van der Waals surface area contributed by atoms with Crippen LogP contribution in [0.15, 0.2) is 35.3 Å². The smallest absolute Gasteiger partial charge is 0.255 e. The Kier molecular flexibility index (Phi) is 8.61. The zero-order valence-electron chi connectivity index (χ0n) is 10.4. The van der Waals surface area contributed by atoms with E-state index in [0.717, 1.165) is 5.56 Å². The van der Waals surface area contributed by atoms with E-state index >= 15 is 0 Å². The largest absolute Gasteiger partial charge is 0.351 e. The first-order chi connectivity index (χ1) is 8.09. The molecule has 0 bridgehead atoms. The van der Waals surface area contributed by atoms with Crippen LogP contribution in [0.25, 0.3) is 0 Å². The molecule has 0 unspecified atom stereocenters. The number of aliphatic imine (C=N–C) groups is 1. The van der Waals surface area contributed by atoms with Gasteiger partial charge in [-0.3, -0.25) is 0 Å². The fourth-order valence-corrected chi connectivity index (χ4v) is 1.27. The Morgan fingerprint density at radius 1 is 1.28 bits per heavy atom. The van der Waals surface area contributed by atoms with Crippen molar-refractivity contribution in [1.82, 2.24) is 10.2 Å². The average Bonchev–Trinajstić information content (AvgIpc) is 2.29. The minimum absolute atomic E-state index is 0. The summed E-state index contributed by atoms with van der Waals surface area (Å²) in [4.78, 5) is 5.95. The fraction of sp³-hybridized carbons (Fsp3) is 0.417. The molecule has 1 N–H and O–H groups in total. The summed E-state index contributed by atoms with van der Waals surface area (Å²) in [6.45, 7) is 0.0936. The van der Waals surface area contributed by atoms with Crippen LogP contribution in [-0.4, -0.2) is 37.9 Å². The van der Waals surface area contributed by atoms with Gasteiger partial charge in [0.1, 0.15) is 0 Å². The first-order valence-electron chi connectivity index (χ1n) is 5.37. The second kappa shape index (κ2) is 9.07. The highest BCUT2D eigenvalue weighted by atomic mass is 127. The van der Waals surface area contributed by atoms with Gasteiger partial charge < -0.3 is 10.2 Å². The maximum Gasteiger partial charge on any atom is 0.255 e. The van der Waals surface area contributed by atoms with E-state index in [9.17, 15) is 8.78 Å². The molecule has 0 atom stereocenters. The summed E-state index contributed by atoms with van der Waals surface area (Å²) in [6, 6.07) is 9.67. The third kappa shape index (κ3) is 6.73. The Labute approximate surface area is 123 Å². The summed E-state index contributed by atoms with van der Waals surface area (Å²) < 4.78 is 24.2. The molecule has 1 aromatic rings. The Balaban J connectivity index is 0.00000289. The van der Waals surface area contributed by atoms with Crippen molar-refractivity contribution >= 4 is 29.9 Å². The Hall–Kier alpha value is -0.920. The van der Waals surface area contributed by atoms with Crippen LogP contribution >= 0.6 is 24.0 Å². The zero-order chi connectivity index (χ0) is 12.7. The van der Waals surface area contributed by atoms with Crippen molar-refractivity contribution in [2.45, 2.75) is 13.0 Å². The molecule has 18 heavy (non-hydrogen) atoms. The number of guanidine groups is 1. The summed E-state index contributed by atoms with van der Waals surface area (Å²) >= 11 is 0. The molecule has 0 aliphatic heterocycles. The van der Waals surface area contributed by atoms with Crippen molar-refractivity contribution in [2.24, 2.45) is 4.99 Å². The van der Waals surface area contributed by atoms with E-state index in [4.69, 9.17) is 0 Å². The van der Waals surface area contributed by atoms with Gasteiger partial charge in [0.25, 0.3) is 6.43 Å². The molecule has 0 heterocycles. The number of alkyl halides is 2. The van der Waals surface area contributed by atoms with Crippen molar-refractivity contribution in [1.29, 1.82) is 0 Å². The van der Waals surface area contributed by atoms with Crippen LogP contribution in [0, 0.1) is 0 Å². The van der Waals surface area contributed by atoms with Crippen LogP contribution in [0.3, 0.4) is 0 Å². The number of nitrogens with zero attached hydrogens (tertiary/aromatic N) is 2. The number of halogens is 3. The van der Waals surface area contributed by atoms with Crippen LogP contribution < -0.4 is 5.32 Å². The molecule has 0 aromatic heterocycles. The minimum Gasteiger partial charge on any atom is -0.351 e. The molecule has 1 aromatic carbocycles. The summed E-state index contributed by atoms with van der Waals surface area (Å²) in [5.41, 5.74) is 1.05. The molecule has 0 aliphatic rings. The lowest BCUT2D eigenvalue weighted by molar-refractivity contribution is 0.151. The van der Waals surface area contributed by atoms with E-state index in [0.29, 0.717) is 12.5 Å². The maximum atomic E-state index is 12.1. The van der Waals surface area contributed by atoms with Gasteiger partial charge in [-0.1, -0.05) is 30.3 Å². The van der Waals surface area contributed by atoms with Crippen LogP contribution in [0.1, 0.15) is 5.56 Å². The van der Waals surface area contributed by atoms with E-state index < -0.39 is 6.43 Å². The van der Waals surface area contributed by atoms with Gasteiger partial charge >= 0.3 is 0 Å². The van der Waals surface area contributed by atoms with Gasteiger partial charge in [0.2, 0.25) is 0 Å². The highest BCUT2D eigenvalue weighted by Gasteiger charge is 2.06. The number of nitrogens with one attached hydrogen (secondary N) is 1. The van der Waals surface area contributed by atoms with Crippen molar-refractivity contribution in [3.63, 3.8) is 0 Å². The Morgan fingerprint density at radius 3 is 2.39 bits per heavy atom. The van der Waals surface area contributed by atoms with Crippen LogP contribution in [-0.2, 0) is 6.54 Å². The lowest BCUT2D eigenvalue weighted by atomic mass is 10.2. The second-order valence-electron chi connectivity index (χ2n) is 3.79. The van der Waals surface area contributed by atoms with Gasteiger partial charge in [0.15, 0.2) is 5.96 Å². The molecule has 0 fully saturated rings. The van der Waals surface area contributed by atoms with Gasteiger partial charge in [-0.2, -0.15) is 0 Å². The number of hydrogen-bond donors (Lipinski definition) is 1. The highest BCUT2D eigenvalue weighted by Crippen LogP contribution is 2.00. The molecule has 0 amide bonds. The summed E-state index contributed by atoms with van der Waals surface area (Å²) in [5.74, 6) is 0.467. The monoisotopic (exact) mass is 369 g/mol. The Morgan fingerprint density at radius 2 is 1.89 bits per heavy atom. The van der Waals surface area contributed by atoms with E-state index in [2.05, 4.69) is 10.3 Å². The van der Waals surface area contributed by atoms with Gasteiger partial charge in [0.05, 0.1) is 13.1 Å². The number of hydrogen-bond acceptors (Lipinski definition) is 1. The summed E-state index contributed by atoms with van der Waals surface area (Å²) in [5, 5.41) is 2.61. The third-order valence-corrected chi connectivity index (χ3v) is 2.09. The molecule has 0 saturated carbocycles. The average molecular weight is 369 g/mol. The standard InChI is InChI=1S/C12H17F2N3.HI/c1-17(2)12(16-9-11(13)14)15-8-10-6-4-3-5-7-10;/h3-7,11H,8-9H2,1-2H3,(H,15,16);1H. The first kappa shape index (κ1) is 17.1. The van der Waals surface area contributed by atoms with Crippen LogP contribution in [0.4, 0.5) is 8.78 Å². The van der Waals surface area contributed by atoms with E-state index in [1.54, 1.807) is 19.0 Å². The van der Waals surface area contributed by atoms with Crippen molar-refractivity contribution in [2.75, 3.05) is 20.6 Å². The van der Waals surface area contributed by atoms with Gasteiger partial charge in [0, 0.05) is 14.1 Å². The molecule has 0 aliphatic carbocycles. The first-order valence-corrected chi connectivity index (χ1v) is 5.37. The molecule has 1 rings (SSSR count). The highest BCUT2D eigenvalue weighted by molar-refractivity contribution is 14.0. The zero-order valence-corrected chi connectivity index (χ0v) is 12.8. The van der Waals surface area contributed by atoms with E-state index in [1.807, 2.05) is 30.3 Å². The SMILES string of the molecule is CN(C)C(=NCc1ccccc1)NCC(F)F.I. The molecule has 0 saturated heterocycles. The van der Waals surface area contributed by atoms with Crippen molar-refractivity contribution in [3.05, 3.63) is 35.9 Å². The van der Waals surface area contributed by atoms with Gasteiger partial charge in [-0.05, 0) is 5.56 Å². The molecule has 3 nitrogen and oxygen atoms in total. The van der Waals surface area contributed by atoms with Gasteiger partial charge in [-0.25, -0.2) is 13.8 Å². The van der Waals surface area contributed by atoms with E-state index in [-0.39, 0.29) is 30.5 Å². The second-order valence-corrected chi connectivity index (χ2v) is 3.79. The molecule has 6 heteroatoms. The number of rotatable bonds is 4. The molecular formula is C12H18F2IN3. The molecule has 102 valence electrons. The normalized spacial score (nSPS) is 11.1. The molecule has 0 radical (unpaired) electrons.